The number of likely N-dealkylation sites (tertiary alicyclic amines) is 1. The van der Waals surface area contributed by atoms with Gasteiger partial charge in [0.15, 0.2) is 0 Å². The van der Waals surface area contributed by atoms with Crippen molar-refractivity contribution in [3.63, 3.8) is 0 Å². The third-order valence-corrected chi connectivity index (χ3v) is 6.03. The molecule has 6 nitrogen and oxygen atoms in total. The first kappa shape index (κ1) is 18.4. The Balaban J connectivity index is 1.58. The first-order chi connectivity index (χ1) is 12.5. The van der Waals surface area contributed by atoms with Crippen LogP contribution in [0.25, 0.3) is 0 Å². The number of benzene rings is 2. The minimum Gasteiger partial charge on any atom is -0.497 e. The van der Waals surface area contributed by atoms with Gasteiger partial charge >= 0.3 is 0 Å². The summed E-state index contributed by atoms with van der Waals surface area (Å²) in [5.74, 6) is 0.596. The standard InChI is InChI=1S/C19H22N2O4S/c1-25-17-7-9-18(10-8-17)26(23,24)20-16-11-13-21(14-12-16)19(22)15-5-3-2-4-6-15/h2-10,16,20H,11-14H2,1H3. The molecule has 2 aromatic rings. The number of piperidine rings is 1. The second-order valence-corrected chi connectivity index (χ2v) is 7.94. The van der Waals surface area contributed by atoms with Crippen LogP contribution < -0.4 is 9.46 Å². The lowest BCUT2D eigenvalue weighted by molar-refractivity contribution is 0.0711. The van der Waals surface area contributed by atoms with Crippen LogP contribution in [0.4, 0.5) is 0 Å². The summed E-state index contributed by atoms with van der Waals surface area (Å²) in [7, 11) is -2.05. The zero-order valence-electron chi connectivity index (χ0n) is 14.6. The number of carbonyl (C=O) groups is 1. The van der Waals surface area contributed by atoms with E-state index in [2.05, 4.69) is 4.72 Å². The van der Waals surface area contributed by atoms with Crippen molar-refractivity contribution in [3.05, 3.63) is 60.2 Å². The lowest BCUT2D eigenvalue weighted by Crippen LogP contribution is -2.46. The minimum atomic E-state index is -3.58. The number of methoxy groups -OCH3 is 1. The summed E-state index contributed by atoms with van der Waals surface area (Å²) < 4.78 is 32.8. The van der Waals surface area contributed by atoms with E-state index in [9.17, 15) is 13.2 Å². The van der Waals surface area contributed by atoms with Gasteiger partial charge in [-0.1, -0.05) is 18.2 Å². The molecule has 0 spiro atoms. The van der Waals surface area contributed by atoms with Gasteiger partial charge in [0.25, 0.3) is 5.91 Å². The zero-order valence-corrected chi connectivity index (χ0v) is 15.4. The molecule has 1 heterocycles. The normalized spacial score (nSPS) is 15.7. The Morgan fingerprint density at radius 3 is 2.23 bits per heavy atom. The second-order valence-electron chi connectivity index (χ2n) is 6.23. The molecular weight excluding hydrogens is 352 g/mol. The molecule has 0 bridgehead atoms. The van der Waals surface area contributed by atoms with E-state index in [1.54, 1.807) is 29.2 Å². The van der Waals surface area contributed by atoms with Crippen LogP contribution in [0.5, 0.6) is 5.75 Å². The molecule has 2 aromatic carbocycles. The van der Waals surface area contributed by atoms with E-state index in [0.717, 1.165) is 0 Å². The van der Waals surface area contributed by atoms with Gasteiger partial charge in [-0.2, -0.15) is 0 Å². The first-order valence-electron chi connectivity index (χ1n) is 8.50. The van der Waals surface area contributed by atoms with Crippen LogP contribution in [-0.2, 0) is 10.0 Å². The summed E-state index contributed by atoms with van der Waals surface area (Å²) >= 11 is 0. The van der Waals surface area contributed by atoms with Crippen LogP contribution in [0.2, 0.25) is 0 Å². The Morgan fingerprint density at radius 1 is 1.04 bits per heavy atom. The zero-order chi connectivity index (χ0) is 18.6. The van der Waals surface area contributed by atoms with Gasteiger partial charge in [0.1, 0.15) is 5.75 Å². The molecule has 138 valence electrons. The Hall–Kier alpha value is -2.38. The monoisotopic (exact) mass is 374 g/mol. The highest BCUT2D eigenvalue weighted by molar-refractivity contribution is 7.89. The van der Waals surface area contributed by atoms with Crippen molar-refractivity contribution in [2.24, 2.45) is 0 Å². The van der Waals surface area contributed by atoms with E-state index < -0.39 is 10.0 Å². The predicted octanol–water partition coefficient (Wildman–Crippen LogP) is 2.28. The Kier molecular flexibility index (Phi) is 5.58. The fourth-order valence-electron chi connectivity index (χ4n) is 3.01. The van der Waals surface area contributed by atoms with Gasteiger partial charge in [-0.15, -0.1) is 0 Å². The largest absolute Gasteiger partial charge is 0.497 e. The maximum absolute atomic E-state index is 12.5. The van der Waals surface area contributed by atoms with Crippen LogP contribution in [0.3, 0.4) is 0 Å². The van der Waals surface area contributed by atoms with Crippen LogP contribution in [0, 0.1) is 0 Å². The van der Waals surface area contributed by atoms with Crippen molar-refractivity contribution in [3.8, 4) is 5.75 Å². The van der Waals surface area contributed by atoms with Gasteiger partial charge in [0.05, 0.1) is 12.0 Å². The fraction of sp³-hybridized carbons (Fsp3) is 0.316. The molecule has 7 heteroatoms. The van der Waals surface area contributed by atoms with Gasteiger partial charge in [-0.25, -0.2) is 13.1 Å². The number of amides is 1. The van der Waals surface area contributed by atoms with Crippen molar-refractivity contribution in [2.75, 3.05) is 20.2 Å². The number of ether oxygens (including phenoxy) is 1. The maximum atomic E-state index is 12.5. The molecule has 1 amide bonds. The van der Waals surface area contributed by atoms with E-state index in [0.29, 0.717) is 37.2 Å². The molecule has 1 aliphatic heterocycles. The molecule has 0 aliphatic carbocycles. The number of sulfonamides is 1. The molecule has 1 N–H and O–H groups in total. The summed E-state index contributed by atoms with van der Waals surface area (Å²) in [6.45, 7) is 1.06. The number of carbonyl (C=O) groups excluding carboxylic acids is 1. The van der Waals surface area contributed by atoms with E-state index in [1.807, 2.05) is 18.2 Å². The smallest absolute Gasteiger partial charge is 0.253 e. The SMILES string of the molecule is COc1ccc(S(=O)(=O)NC2CCN(C(=O)c3ccccc3)CC2)cc1. The maximum Gasteiger partial charge on any atom is 0.253 e. The summed E-state index contributed by atoms with van der Waals surface area (Å²) in [5, 5.41) is 0. The number of hydrogen-bond donors (Lipinski definition) is 1. The predicted molar refractivity (Wildman–Crippen MR) is 98.7 cm³/mol. The molecule has 0 radical (unpaired) electrons. The molecule has 0 saturated carbocycles. The summed E-state index contributed by atoms with van der Waals surface area (Å²) in [6.07, 6.45) is 1.18. The van der Waals surface area contributed by atoms with Crippen molar-refractivity contribution >= 4 is 15.9 Å². The summed E-state index contributed by atoms with van der Waals surface area (Å²) in [5.41, 5.74) is 0.657. The van der Waals surface area contributed by atoms with E-state index >= 15 is 0 Å². The average molecular weight is 374 g/mol. The van der Waals surface area contributed by atoms with E-state index in [1.165, 1.54) is 19.2 Å². The van der Waals surface area contributed by atoms with Crippen LogP contribution >= 0.6 is 0 Å². The Bertz CT molecular complexity index is 843. The first-order valence-corrected chi connectivity index (χ1v) is 9.98. The van der Waals surface area contributed by atoms with Crippen molar-refractivity contribution in [1.82, 2.24) is 9.62 Å². The van der Waals surface area contributed by atoms with Crippen molar-refractivity contribution in [2.45, 2.75) is 23.8 Å². The molecular formula is C19H22N2O4S. The highest BCUT2D eigenvalue weighted by Crippen LogP contribution is 2.19. The molecule has 0 unspecified atom stereocenters. The summed E-state index contributed by atoms with van der Waals surface area (Å²) in [6, 6.07) is 15.2. The molecule has 0 atom stereocenters. The fourth-order valence-corrected chi connectivity index (χ4v) is 4.31. The highest BCUT2D eigenvalue weighted by Gasteiger charge is 2.27. The third kappa shape index (κ3) is 4.23. The molecule has 1 saturated heterocycles. The van der Waals surface area contributed by atoms with Crippen LogP contribution in [0.15, 0.2) is 59.5 Å². The Morgan fingerprint density at radius 2 is 1.65 bits per heavy atom. The molecule has 1 aliphatic rings. The van der Waals surface area contributed by atoms with Crippen molar-refractivity contribution < 1.29 is 17.9 Å². The van der Waals surface area contributed by atoms with Gasteiger partial charge in [-0.05, 0) is 49.2 Å². The quantitative estimate of drug-likeness (QED) is 0.871. The molecule has 26 heavy (non-hydrogen) atoms. The van der Waals surface area contributed by atoms with Gasteiger partial charge < -0.3 is 9.64 Å². The van der Waals surface area contributed by atoms with E-state index in [4.69, 9.17) is 4.74 Å². The third-order valence-electron chi connectivity index (χ3n) is 4.49. The second kappa shape index (κ2) is 7.88. The minimum absolute atomic E-state index is 0.0120. The lowest BCUT2D eigenvalue weighted by Gasteiger charge is -2.32. The number of nitrogens with one attached hydrogen (secondary N) is 1. The van der Waals surface area contributed by atoms with Gasteiger partial charge in [-0.3, -0.25) is 4.79 Å². The number of nitrogens with zero attached hydrogens (tertiary/aromatic N) is 1. The molecule has 1 fully saturated rings. The number of rotatable bonds is 5. The Labute approximate surface area is 153 Å². The van der Waals surface area contributed by atoms with Crippen LogP contribution in [0.1, 0.15) is 23.2 Å². The van der Waals surface area contributed by atoms with Gasteiger partial charge in [0, 0.05) is 24.7 Å². The topological polar surface area (TPSA) is 75.7 Å². The van der Waals surface area contributed by atoms with Gasteiger partial charge in [0.2, 0.25) is 10.0 Å². The van der Waals surface area contributed by atoms with E-state index in [-0.39, 0.29) is 16.8 Å². The highest BCUT2D eigenvalue weighted by atomic mass is 32.2. The van der Waals surface area contributed by atoms with Crippen molar-refractivity contribution in [1.29, 1.82) is 0 Å². The number of hydrogen-bond acceptors (Lipinski definition) is 4. The lowest BCUT2D eigenvalue weighted by atomic mass is 10.0. The van der Waals surface area contributed by atoms with Crippen LogP contribution in [-0.4, -0.2) is 45.5 Å². The summed E-state index contributed by atoms with van der Waals surface area (Å²) in [4.78, 5) is 14.4. The average Bonchev–Trinajstić information content (AvgIpc) is 2.68. The molecule has 0 aromatic heterocycles. The molecule has 3 rings (SSSR count).